The number of anilines is 1. The van der Waals surface area contributed by atoms with E-state index >= 15 is 0 Å². The van der Waals surface area contributed by atoms with Gasteiger partial charge in [0.05, 0.1) is 15.5 Å². The number of nitro groups is 1. The van der Waals surface area contributed by atoms with Crippen molar-refractivity contribution in [2.75, 3.05) is 17.4 Å². The summed E-state index contributed by atoms with van der Waals surface area (Å²) < 4.78 is 29.0. The van der Waals surface area contributed by atoms with Crippen LogP contribution in [0.5, 0.6) is 0 Å². The molecule has 0 saturated heterocycles. The van der Waals surface area contributed by atoms with Crippen LogP contribution in [0, 0.1) is 17.0 Å². The lowest BCUT2D eigenvalue weighted by atomic mass is 10.0. The van der Waals surface area contributed by atoms with Gasteiger partial charge in [0, 0.05) is 31.6 Å². The Hall–Kier alpha value is -5.03. The van der Waals surface area contributed by atoms with Crippen molar-refractivity contribution in [2.45, 2.75) is 50.6 Å². The number of hydrogen-bond donors (Lipinski definition) is 1. The number of aryl methyl sites for hydroxylation is 1. The molecule has 0 aliphatic heterocycles. The molecule has 11 heteroatoms. The van der Waals surface area contributed by atoms with Gasteiger partial charge in [-0.25, -0.2) is 8.42 Å². The van der Waals surface area contributed by atoms with Gasteiger partial charge in [-0.1, -0.05) is 92.2 Å². The Kier molecular flexibility index (Phi) is 11.6. The van der Waals surface area contributed by atoms with Crippen LogP contribution in [0.3, 0.4) is 0 Å². The number of non-ortho nitro benzene ring substituents is 1. The van der Waals surface area contributed by atoms with E-state index in [0.717, 1.165) is 39.9 Å². The minimum atomic E-state index is -4.37. The second-order valence-corrected chi connectivity index (χ2v) is 12.8. The molecule has 0 saturated carbocycles. The molecule has 0 aliphatic carbocycles. The molecular formula is C35H38N4O6S. The first-order valence-electron chi connectivity index (χ1n) is 15.1. The van der Waals surface area contributed by atoms with Gasteiger partial charge in [-0.2, -0.15) is 0 Å². The number of benzene rings is 4. The summed E-state index contributed by atoms with van der Waals surface area (Å²) in [6.45, 7) is 3.68. The fourth-order valence-corrected chi connectivity index (χ4v) is 6.47. The standard InChI is InChI=1S/C35H38N4O6S/c1-3-4-22-36-35(41)33(23-28-15-7-5-8-16-28)37(25-29-17-12-11-14-27(29)2)34(40)26-38(30-18-13-19-31(24-30)39(42)43)46(44,45)32-20-9-6-10-21-32/h5-21,24,33H,3-4,22-23,25-26H2,1-2H3,(H,36,41)/t33-/m0/s1. The molecule has 4 aromatic carbocycles. The molecule has 0 radical (unpaired) electrons. The Balaban J connectivity index is 1.82. The molecule has 0 bridgehead atoms. The first-order chi connectivity index (χ1) is 22.1. The van der Waals surface area contributed by atoms with Gasteiger partial charge in [0.2, 0.25) is 11.8 Å². The molecule has 1 N–H and O–H groups in total. The summed E-state index contributed by atoms with van der Waals surface area (Å²) in [5.74, 6) is -0.993. The molecule has 10 nitrogen and oxygen atoms in total. The zero-order valence-corrected chi connectivity index (χ0v) is 26.7. The summed E-state index contributed by atoms with van der Waals surface area (Å²) >= 11 is 0. The third-order valence-corrected chi connectivity index (χ3v) is 9.43. The molecule has 1 atom stereocenters. The van der Waals surface area contributed by atoms with Crippen LogP contribution in [0.1, 0.15) is 36.5 Å². The molecule has 0 spiro atoms. The zero-order valence-electron chi connectivity index (χ0n) is 25.9. The van der Waals surface area contributed by atoms with Crippen LogP contribution in [0.4, 0.5) is 11.4 Å². The lowest BCUT2D eigenvalue weighted by Gasteiger charge is -2.34. The van der Waals surface area contributed by atoms with Crippen LogP contribution in [0.25, 0.3) is 0 Å². The first kappa shape index (κ1) is 33.9. The van der Waals surface area contributed by atoms with Gasteiger partial charge < -0.3 is 10.2 Å². The highest BCUT2D eigenvalue weighted by molar-refractivity contribution is 7.92. The highest BCUT2D eigenvalue weighted by atomic mass is 32.2. The number of unbranched alkanes of at least 4 members (excludes halogenated alkanes) is 1. The van der Waals surface area contributed by atoms with E-state index in [0.29, 0.717) is 6.54 Å². The van der Waals surface area contributed by atoms with E-state index in [4.69, 9.17) is 0 Å². The zero-order chi connectivity index (χ0) is 33.1. The number of hydrogen-bond acceptors (Lipinski definition) is 6. The average molecular weight is 643 g/mol. The van der Waals surface area contributed by atoms with E-state index in [9.17, 15) is 28.1 Å². The van der Waals surface area contributed by atoms with Crippen molar-refractivity contribution in [3.05, 3.63) is 136 Å². The molecule has 0 aromatic heterocycles. The highest BCUT2D eigenvalue weighted by Gasteiger charge is 2.35. The average Bonchev–Trinajstić information content (AvgIpc) is 3.06. The Morgan fingerprint density at radius 1 is 0.891 bits per heavy atom. The molecule has 0 unspecified atom stereocenters. The summed E-state index contributed by atoms with van der Waals surface area (Å²) in [5.41, 5.74) is 2.15. The largest absolute Gasteiger partial charge is 0.354 e. The predicted molar refractivity (Wildman–Crippen MR) is 178 cm³/mol. The number of nitrogens with zero attached hydrogens (tertiary/aromatic N) is 3. The van der Waals surface area contributed by atoms with Crippen molar-refractivity contribution in [1.82, 2.24) is 10.2 Å². The van der Waals surface area contributed by atoms with Crippen LogP contribution in [0.15, 0.2) is 114 Å². The van der Waals surface area contributed by atoms with Crippen LogP contribution in [0.2, 0.25) is 0 Å². The van der Waals surface area contributed by atoms with Crippen LogP contribution in [-0.4, -0.2) is 49.2 Å². The summed E-state index contributed by atoms with van der Waals surface area (Å²) in [7, 11) is -4.37. The number of carbonyl (C=O) groups excluding carboxylic acids is 2. The lowest BCUT2D eigenvalue weighted by Crippen LogP contribution is -2.53. The smallest absolute Gasteiger partial charge is 0.271 e. The normalized spacial score (nSPS) is 11.8. The number of sulfonamides is 1. The van der Waals surface area contributed by atoms with Crippen molar-refractivity contribution in [3.63, 3.8) is 0 Å². The van der Waals surface area contributed by atoms with Crippen molar-refractivity contribution in [1.29, 1.82) is 0 Å². The fraction of sp³-hybridized carbons (Fsp3) is 0.257. The molecule has 2 amide bonds. The molecule has 0 fully saturated rings. The van der Waals surface area contributed by atoms with E-state index < -0.39 is 33.4 Å². The Bertz CT molecular complexity index is 1750. The van der Waals surface area contributed by atoms with Gasteiger partial charge in [0.15, 0.2) is 0 Å². The summed E-state index contributed by atoms with van der Waals surface area (Å²) in [6, 6.07) is 28.5. The van der Waals surface area contributed by atoms with Crippen molar-refractivity contribution in [2.24, 2.45) is 0 Å². The van der Waals surface area contributed by atoms with E-state index in [-0.39, 0.29) is 35.1 Å². The summed E-state index contributed by atoms with van der Waals surface area (Å²) in [5, 5.41) is 14.6. The van der Waals surface area contributed by atoms with Crippen molar-refractivity contribution in [3.8, 4) is 0 Å². The molecular weight excluding hydrogens is 604 g/mol. The summed E-state index contributed by atoms with van der Waals surface area (Å²) in [6.07, 6.45) is 1.81. The monoisotopic (exact) mass is 642 g/mol. The van der Waals surface area contributed by atoms with Gasteiger partial charge in [0.1, 0.15) is 12.6 Å². The number of nitro benzene ring substituents is 1. The first-order valence-corrected chi connectivity index (χ1v) is 16.5. The molecule has 0 aliphatic rings. The third kappa shape index (κ3) is 8.57. The van der Waals surface area contributed by atoms with E-state index in [1.165, 1.54) is 35.2 Å². The molecule has 0 heterocycles. The maximum Gasteiger partial charge on any atom is 0.271 e. The second-order valence-electron chi connectivity index (χ2n) is 10.9. The van der Waals surface area contributed by atoms with Crippen LogP contribution >= 0.6 is 0 Å². The topological polar surface area (TPSA) is 130 Å². The molecule has 4 rings (SSSR count). The van der Waals surface area contributed by atoms with Gasteiger partial charge in [-0.3, -0.25) is 24.0 Å². The fourth-order valence-electron chi connectivity index (χ4n) is 5.04. The highest BCUT2D eigenvalue weighted by Crippen LogP contribution is 2.28. The molecule has 4 aromatic rings. The maximum atomic E-state index is 14.5. The van der Waals surface area contributed by atoms with E-state index in [2.05, 4.69) is 5.32 Å². The van der Waals surface area contributed by atoms with Crippen molar-refractivity contribution >= 4 is 33.2 Å². The Labute approximate surface area is 269 Å². The van der Waals surface area contributed by atoms with E-state index in [1.54, 1.807) is 18.2 Å². The lowest BCUT2D eigenvalue weighted by molar-refractivity contribution is -0.384. The number of nitrogens with one attached hydrogen (secondary N) is 1. The molecule has 46 heavy (non-hydrogen) atoms. The number of amides is 2. The minimum absolute atomic E-state index is 0.0400. The third-order valence-electron chi connectivity index (χ3n) is 7.64. The Morgan fingerprint density at radius 3 is 2.20 bits per heavy atom. The quantitative estimate of drug-likeness (QED) is 0.101. The second kappa shape index (κ2) is 15.8. The van der Waals surface area contributed by atoms with Crippen LogP contribution in [-0.2, 0) is 32.6 Å². The minimum Gasteiger partial charge on any atom is -0.354 e. The van der Waals surface area contributed by atoms with E-state index in [1.807, 2.05) is 68.4 Å². The number of rotatable bonds is 15. The Morgan fingerprint density at radius 2 is 1.54 bits per heavy atom. The van der Waals surface area contributed by atoms with Gasteiger partial charge in [-0.05, 0) is 48.2 Å². The maximum absolute atomic E-state index is 14.5. The van der Waals surface area contributed by atoms with Gasteiger partial charge >= 0.3 is 0 Å². The van der Waals surface area contributed by atoms with Crippen LogP contribution < -0.4 is 9.62 Å². The van der Waals surface area contributed by atoms with Gasteiger partial charge in [0.25, 0.3) is 15.7 Å². The number of carbonyl (C=O) groups is 2. The molecule has 240 valence electrons. The summed E-state index contributed by atoms with van der Waals surface area (Å²) in [4.78, 5) is 40.7. The van der Waals surface area contributed by atoms with Gasteiger partial charge in [-0.15, -0.1) is 0 Å². The predicted octanol–water partition coefficient (Wildman–Crippen LogP) is 5.65. The van der Waals surface area contributed by atoms with Crippen molar-refractivity contribution < 1.29 is 22.9 Å². The SMILES string of the molecule is CCCCNC(=O)[C@H](Cc1ccccc1)N(Cc1ccccc1C)C(=O)CN(c1cccc([N+](=O)[O-])c1)S(=O)(=O)c1ccccc1.